The number of carbonyl (C=O) groups is 2. The van der Waals surface area contributed by atoms with Crippen molar-refractivity contribution in [3.63, 3.8) is 0 Å². The Morgan fingerprint density at radius 1 is 1.03 bits per heavy atom. The maximum Gasteiger partial charge on any atom is 0.354 e. The number of benzene rings is 2. The van der Waals surface area contributed by atoms with E-state index in [1.165, 1.54) is 17.4 Å². The molecule has 0 spiro atoms. The van der Waals surface area contributed by atoms with Gasteiger partial charge >= 0.3 is 12.0 Å². The van der Waals surface area contributed by atoms with Gasteiger partial charge in [-0.15, -0.1) is 0 Å². The smallest absolute Gasteiger partial charge is 0.354 e. The molecule has 0 saturated heterocycles. The number of thiazole rings is 1. The molecule has 5 rings (SSSR count). The normalized spacial score (nSPS) is 13.1. The predicted molar refractivity (Wildman–Crippen MR) is 121 cm³/mol. The fraction of sp³-hybridized carbons (Fsp3) is 0.130. The second-order valence-electron chi connectivity index (χ2n) is 7.23. The van der Waals surface area contributed by atoms with E-state index in [2.05, 4.69) is 15.3 Å². The lowest BCUT2D eigenvalue weighted by Crippen LogP contribution is -2.38. The summed E-state index contributed by atoms with van der Waals surface area (Å²) in [7, 11) is 0. The maximum atomic E-state index is 13.1. The van der Waals surface area contributed by atoms with E-state index in [9.17, 15) is 14.7 Å². The highest BCUT2D eigenvalue weighted by molar-refractivity contribution is 7.22. The van der Waals surface area contributed by atoms with Crippen LogP contribution in [0.5, 0.6) is 0 Å². The highest BCUT2D eigenvalue weighted by Gasteiger charge is 2.24. The number of carboxylic acids is 1. The van der Waals surface area contributed by atoms with Crippen LogP contribution in [0.4, 0.5) is 15.6 Å². The number of urea groups is 1. The summed E-state index contributed by atoms with van der Waals surface area (Å²) in [5.74, 6) is -1.07. The summed E-state index contributed by atoms with van der Waals surface area (Å²) in [6, 6.07) is 18.2. The SMILES string of the molecule is O=C(O)c1cccc(-c2ccc3c(c2)N(C(=O)Nc2nc4ccccc4s2)CCC3)n1. The Bertz CT molecular complexity index is 1280. The van der Waals surface area contributed by atoms with Crippen LogP contribution >= 0.6 is 11.3 Å². The number of aromatic nitrogens is 2. The van der Waals surface area contributed by atoms with Crippen molar-refractivity contribution in [2.75, 3.05) is 16.8 Å². The summed E-state index contributed by atoms with van der Waals surface area (Å²) in [5.41, 5.74) is 4.05. The molecule has 8 heteroatoms. The van der Waals surface area contributed by atoms with Gasteiger partial charge in [-0.1, -0.05) is 41.7 Å². The quantitative estimate of drug-likeness (QED) is 0.475. The van der Waals surface area contributed by atoms with Crippen LogP contribution in [0.1, 0.15) is 22.5 Å². The number of para-hydroxylation sites is 1. The van der Waals surface area contributed by atoms with E-state index in [-0.39, 0.29) is 11.7 Å². The molecule has 2 aromatic heterocycles. The summed E-state index contributed by atoms with van der Waals surface area (Å²) in [6.45, 7) is 0.593. The first-order chi connectivity index (χ1) is 15.1. The number of pyridine rings is 1. The molecule has 0 aliphatic carbocycles. The van der Waals surface area contributed by atoms with Crippen LogP contribution in [0.2, 0.25) is 0 Å². The van der Waals surface area contributed by atoms with Crippen LogP contribution in [0, 0.1) is 0 Å². The van der Waals surface area contributed by atoms with E-state index in [1.807, 2.05) is 42.5 Å². The third-order valence-corrected chi connectivity index (χ3v) is 6.17. The van der Waals surface area contributed by atoms with Gasteiger partial charge in [0, 0.05) is 17.8 Å². The Hall–Kier alpha value is -3.78. The Balaban J connectivity index is 1.45. The Morgan fingerprint density at radius 3 is 2.74 bits per heavy atom. The standard InChI is InChI=1S/C23H18N4O3S/c28-21(29)18-8-3-7-16(24-18)15-11-10-14-5-4-12-27(19(14)13-15)23(30)26-22-25-17-6-1-2-9-20(17)31-22/h1-3,6-11,13H,4-5,12H2,(H,28,29)(H,25,26,30). The van der Waals surface area contributed by atoms with Crippen molar-refractivity contribution in [3.05, 3.63) is 71.9 Å². The Kier molecular flexibility index (Phi) is 4.83. The number of aromatic carboxylic acids is 1. The van der Waals surface area contributed by atoms with Crippen LogP contribution in [0.15, 0.2) is 60.7 Å². The molecule has 2 N–H and O–H groups in total. The van der Waals surface area contributed by atoms with Gasteiger partial charge in [-0.2, -0.15) is 0 Å². The van der Waals surface area contributed by atoms with Crippen LogP contribution in [0.3, 0.4) is 0 Å². The van der Waals surface area contributed by atoms with Crippen LogP contribution < -0.4 is 10.2 Å². The van der Waals surface area contributed by atoms with E-state index in [0.29, 0.717) is 17.4 Å². The zero-order valence-corrected chi connectivity index (χ0v) is 17.2. The molecule has 1 aliphatic rings. The number of aryl methyl sites for hydroxylation is 1. The molecule has 2 aromatic carbocycles. The molecule has 1 aliphatic heterocycles. The lowest BCUT2D eigenvalue weighted by atomic mass is 9.98. The number of amides is 2. The fourth-order valence-corrected chi connectivity index (χ4v) is 4.60. The third-order valence-electron chi connectivity index (χ3n) is 5.22. The van der Waals surface area contributed by atoms with Gasteiger partial charge in [0.15, 0.2) is 5.13 Å². The summed E-state index contributed by atoms with van der Waals surface area (Å²) in [4.78, 5) is 34.8. The molecule has 3 heterocycles. The van der Waals surface area contributed by atoms with E-state index in [1.54, 1.807) is 17.0 Å². The average molecular weight is 430 g/mol. The van der Waals surface area contributed by atoms with Gasteiger partial charge in [0.05, 0.1) is 15.9 Å². The number of fused-ring (bicyclic) bond motifs is 2. The zero-order valence-electron chi connectivity index (χ0n) is 16.4. The second-order valence-corrected chi connectivity index (χ2v) is 8.26. The Labute approximate surface area is 182 Å². The lowest BCUT2D eigenvalue weighted by Gasteiger charge is -2.29. The number of carbonyl (C=O) groups excluding carboxylic acids is 1. The predicted octanol–water partition coefficient (Wildman–Crippen LogP) is 5.04. The molecule has 0 unspecified atom stereocenters. The fourth-order valence-electron chi connectivity index (χ4n) is 3.74. The largest absolute Gasteiger partial charge is 0.477 e. The number of carboxylic acid groups (broad SMARTS) is 1. The highest BCUT2D eigenvalue weighted by atomic mass is 32.1. The summed E-state index contributed by atoms with van der Waals surface area (Å²) < 4.78 is 1.02. The third kappa shape index (κ3) is 3.73. The van der Waals surface area contributed by atoms with Crippen molar-refractivity contribution in [3.8, 4) is 11.3 Å². The minimum Gasteiger partial charge on any atom is -0.477 e. The molecule has 7 nitrogen and oxygen atoms in total. The van der Waals surface area contributed by atoms with Gasteiger partial charge in [-0.25, -0.2) is 19.6 Å². The number of anilines is 2. The van der Waals surface area contributed by atoms with Crippen LogP contribution in [-0.2, 0) is 6.42 Å². The van der Waals surface area contributed by atoms with Gasteiger partial charge in [0.25, 0.3) is 0 Å². The zero-order chi connectivity index (χ0) is 21.4. The van der Waals surface area contributed by atoms with Gasteiger partial charge in [-0.05, 0) is 48.7 Å². The molecule has 0 fully saturated rings. The molecule has 0 saturated carbocycles. The van der Waals surface area contributed by atoms with Gasteiger partial charge in [0.1, 0.15) is 5.69 Å². The first-order valence-corrected chi connectivity index (χ1v) is 10.7. The van der Waals surface area contributed by atoms with Crippen LogP contribution in [-0.4, -0.2) is 33.6 Å². The number of hydrogen-bond acceptors (Lipinski definition) is 5. The highest BCUT2D eigenvalue weighted by Crippen LogP contribution is 2.33. The first kappa shape index (κ1) is 19.2. The van der Waals surface area contributed by atoms with Crippen LogP contribution in [0.25, 0.3) is 21.5 Å². The van der Waals surface area contributed by atoms with Crippen molar-refractivity contribution in [1.82, 2.24) is 9.97 Å². The summed E-state index contributed by atoms with van der Waals surface area (Å²) >= 11 is 1.44. The molecule has 154 valence electrons. The van der Waals surface area contributed by atoms with Crippen molar-refractivity contribution in [2.24, 2.45) is 0 Å². The molecule has 2 amide bonds. The monoisotopic (exact) mass is 430 g/mol. The van der Waals surface area contributed by atoms with Crippen molar-refractivity contribution in [1.29, 1.82) is 0 Å². The van der Waals surface area contributed by atoms with Gasteiger partial charge < -0.3 is 5.11 Å². The van der Waals surface area contributed by atoms with E-state index < -0.39 is 5.97 Å². The van der Waals surface area contributed by atoms with Crippen molar-refractivity contribution >= 4 is 44.4 Å². The number of rotatable bonds is 3. The molecule has 0 atom stereocenters. The second kappa shape index (κ2) is 7.81. The molecule has 0 bridgehead atoms. The molecule has 31 heavy (non-hydrogen) atoms. The summed E-state index contributed by atoms with van der Waals surface area (Å²) in [5, 5.41) is 12.7. The van der Waals surface area contributed by atoms with Crippen molar-refractivity contribution < 1.29 is 14.7 Å². The number of nitrogens with zero attached hydrogens (tertiary/aromatic N) is 3. The number of nitrogens with one attached hydrogen (secondary N) is 1. The number of hydrogen-bond donors (Lipinski definition) is 2. The summed E-state index contributed by atoms with van der Waals surface area (Å²) in [6.07, 6.45) is 1.75. The van der Waals surface area contributed by atoms with Gasteiger partial charge in [-0.3, -0.25) is 10.2 Å². The average Bonchev–Trinajstić information content (AvgIpc) is 3.20. The van der Waals surface area contributed by atoms with Crippen molar-refractivity contribution in [2.45, 2.75) is 12.8 Å². The maximum absolute atomic E-state index is 13.1. The first-order valence-electron chi connectivity index (χ1n) is 9.86. The molecule has 0 radical (unpaired) electrons. The minimum atomic E-state index is -1.07. The Morgan fingerprint density at radius 2 is 1.90 bits per heavy atom. The molecule has 4 aromatic rings. The topological polar surface area (TPSA) is 95.4 Å². The van der Waals surface area contributed by atoms with E-state index >= 15 is 0 Å². The lowest BCUT2D eigenvalue weighted by molar-refractivity contribution is 0.0690. The molecular formula is C23H18N4O3S. The van der Waals surface area contributed by atoms with E-state index in [0.717, 1.165) is 39.9 Å². The minimum absolute atomic E-state index is 0.0133. The van der Waals surface area contributed by atoms with E-state index in [4.69, 9.17) is 0 Å². The molecular weight excluding hydrogens is 412 g/mol. The van der Waals surface area contributed by atoms with Gasteiger partial charge in [0.2, 0.25) is 0 Å².